The molecular weight excluding hydrogens is 354 g/mol. The summed E-state index contributed by atoms with van der Waals surface area (Å²) < 4.78 is 32.6. The monoisotopic (exact) mass is 371 g/mol. The van der Waals surface area contributed by atoms with Crippen molar-refractivity contribution < 1.29 is 13.2 Å². The molecule has 2 aromatic rings. The molecule has 0 radical (unpaired) electrons. The van der Waals surface area contributed by atoms with Gasteiger partial charge in [-0.25, -0.2) is 18.4 Å². The maximum atomic E-state index is 13.0. The van der Waals surface area contributed by atoms with E-state index in [1.165, 1.54) is 16.4 Å². The van der Waals surface area contributed by atoms with Crippen LogP contribution in [-0.4, -0.2) is 49.0 Å². The second-order valence-corrected chi connectivity index (χ2v) is 8.03. The Morgan fingerprint density at radius 2 is 1.92 bits per heavy atom. The molecule has 0 N–H and O–H groups in total. The number of nitrogens with zero attached hydrogens (tertiary/aromatic N) is 5. The van der Waals surface area contributed by atoms with Crippen LogP contribution in [0.1, 0.15) is 16.8 Å². The van der Waals surface area contributed by atoms with Crippen molar-refractivity contribution in [2.75, 3.05) is 31.2 Å². The standard InChI is InChI=1S/C17H17N5O3S/c18-9-13-3-1-2-4-16(13)26(23,24)22-11-14-10-19-17(20-15(14)12-22)21-5-7-25-8-6-21/h1-4,10H,5-8,11-12H2. The molecule has 0 spiro atoms. The van der Waals surface area contributed by atoms with E-state index in [-0.39, 0.29) is 23.5 Å². The second-order valence-electron chi connectivity index (χ2n) is 6.12. The van der Waals surface area contributed by atoms with E-state index < -0.39 is 10.0 Å². The molecule has 0 unspecified atom stereocenters. The normalized spacial score (nSPS) is 17.7. The third kappa shape index (κ3) is 2.92. The van der Waals surface area contributed by atoms with Crippen LogP contribution in [0.25, 0.3) is 0 Å². The zero-order valence-corrected chi connectivity index (χ0v) is 14.8. The van der Waals surface area contributed by atoms with Gasteiger partial charge in [0.15, 0.2) is 0 Å². The van der Waals surface area contributed by atoms with Crippen LogP contribution in [0.4, 0.5) is 5.95 Å². The third-order valence-electron chi connectivity index (χ3n) is 4.53. The molecule has 8 nitrogen and oxygen atoms in total. The average molecular weight is 371 g/mol. The van der Waals surface area contributed by atoms with E-state index in [1.807, 2.05) is 11.0 Å². The lowest BCUT2D eigenvalue weighted by atomic mass is 10.2. The van der Waals surface area contributed by atoms with Crippen LogP contribution < -0.4 is 4.90 Å². The zero-order chi connectivity index (χ0) is 18.1. The Kier molecular flexibility index (Phi) is 4.32. The number of benzene rings is 1. The molecule has 9 heteroatoms. The first-order valence-corrected chi connectivity index (χ1v) is 9.70. The van der Waals surface area contributed by atoms with Crippen LogP contribution in [0.15, 0.2) is 35.4 Å². The molecule has 2 aliphatic rings. The Bertz CT molecular complexity index is 980. The first kappa shape index (κ1) is 16.9. The van der Waals surface area contributed by atoms with E-state index in [1.54, 1.807) is 18.3 Å². The van der Waals surface area contributed by atoms with Gasteiger partial charge in [0.2, 0.25) is 16.0 Å². The molecule has 0 saturated carbocycles. The number of ether oxygens (including phenoxy) is 1. The van der Waals surface area contributed by atoms with Crippen LogP contribution in [-0.2, 0) is 27.8 Å². The van der Waals surface area contributed by atoms with Gasteiger partial charge in [0, 0.05) is 31.4 Å². The van der Waals surface area contributed by atoms with Gasteiger partial charge in [-0.2, -0.15) is 9.57 Å². The minimum absolute atomic E-state index is 0.0247. The highest BCUT2D eigenvalue weighted by atomic mass is 32.2. The van der Waals surface area contributed by atoms with Crippen molar-refractivity contribution in [3.8, 4) is 6.07 Å². The van der Waals surface area contributed by atoms with Gasteiger partial charge in [0.25, 0.3) is 0 Å². The van der Waals surface area contributed by atoms with Gasteiger partial charge in [-0.05, 0) is 12.1 Å². The van der Waals surface area contributed by atoms with Crippen molar-refractivity contribution in [1.29, 1.82) is 5.26 Å². The van der Waals surface area contributed by atoms with Crippen molar-refractivity contribution in [1.82, 2.24) is 14.3 Å². The van der Waals surface area contributed by atoms with E-state index in [9.17, 15) is 13.7 Å². The van der Waals surface area contributed by atoms with Crippen molar-refractivity contribution in [2.45, 2.75) is 18.0 Å². The van der Waals surface area contributed by atoms with Gasteiger partial charge in [0.05, 0.1) is 35.9 Å². The minimum Gasteiger partial charge on any atom is -0.378 e. The fourth-order valence-corrected chi connectivity index (χ4v) is 4.64. The summed E-state index contributed by atoms with van der Waals surface area (Å²) in [6, 6.07) is 8.18. The summed E-state index contributed by atoms with van der Waals surface area (Å²) >= 11 is 0. The summed E-state index contributed by atoms with van der Waals surface area (Å²) in [5.74, 6) is 0.601. The first-order chi connectivity index (χ1) is 12.6. The number of hydrogen-bond donors (Lipinski definition) is 0. The molecule has 0 aliphatic carbocycles. The summed E-state index contributed by atoms with van der Waals surface area (Å²) in [7, 11) is -3.78. The zero-order valence-electron chi connectivity index (χ0n) is 14.0. The van der Waals surface area contributed by atoms with E-state index >= 15 is 0 Å². The van der Waals surface area contributed by atoms with Crippen molar-refractivity contribution in [2.24, 2.45) is 0 Å². The fourth-order valence-electron chi connectivity index (χ4n) is 3.12. The maximum Gasteiger partial charge on any atom is 0.245 e. The number of rotatable bonds is 3. The lowest BCUT2D eigenvalue weighted by Gasteiger charge is -2.26. The van der Waals surface area contributed by atoms with E-state index in [0.717, 1.165) is 18.7 Å². The highest BCUT2D eigenvalue weighted by molar-refractivity contribution is 7.89. The van der Waals surface area contributed by atoms with Crippen molar-refractivity contribution in [3.63, 3.8) is 0 Å². The Balaban J connectivity index is 1.61. The number of anilines is 1. The van der Waals surface area contributed by atoms with Crippen LogP contribution in [0.5, 0.6) is 0 Å². The predicted octanol–water partition coefficient (Wildman–Crippen LogP) is 0.889. The quantitative estimate of drug-likeness (QED) is 0.790. The maximum absolute atomic E-state index is 13.0. The molecule has 1 aromatic carbocycles. The van der Waals surface area contributed by atoms with E-state index in [2.05, 4.69) is 9.97 Å². The molecule has 0 atom stereocenters. The van der Waals surface area contributed by atoms with Crippen LogP contribution in [0.3, 0.4) is 0 Å². The third-order valence-corrected chi connectivity index (χ3v) is 6.38. The number of morpholine rings is 1. The minimum atomic E-state index is -3.78. The summed E-state index contributed by atoms with van der Waals surface area (Å²) in [4.78, 5) is 11.0. The molecule has 26 heavy (non-hydrogen) atoms. The molecule has 0 bridgehead atoms. The van der Waals surface area contributed by atoms with Crippen LogP contribution >= 0.6 is 0 Å². The topological polar surface area (TPSA) is 99.4 Å². The Morgan fingerprint density at radius 3 is 2.69 bits per heavy atom. The number of fused-ring (bicyclic) bond motifs is 1. The highest BCUT2D eigenvalue weighted by Gasteiger charge is 2.33. The Labute approximate surface area is 151 Å². The second kappa shape index (κ2) is 6.64. The molecule has 134 valence electrons. The lowest BCUT2D eigenvalue weighted by Crippen LogP contribution is -2.37. The molecule has 0 amide bonds. The molecule has 3 heterocycles. The molecule has 1 aromatic heterocycles. The number of nitriles is 1. The predicted molar refractivity (Wildman–Crippen MR) is 92.7 cm³/mol. The SMILES string of the molecule is N#Cc1ccccc1S(=O)(=O)N1Cc2cnc(N3CCOCC3)nc2C1. The van der Waals surface area contributed by atoms with Crippen LogP contribution in [0, 0.1) is 11.3 Å². The number of hydrogen-bond acceptors (Lipinski definition) is 7. The Morgan fingerprint density at radius 1 is 1.15 bits per heavy atom. The smallest absolute Gasteiger partial charge is 0.245 e. The Hall–Kier alpha value is -2.54. The molecular formula is C17H17N5O3S. The van der Waals surface area contributed by atoms with Gasteiger partial charge in [-0.15, -0.1) is 0 Å². The average Bonchev–Trinajstić information content (AvgIpc) is 3.13. The van der Waals surface area contributed by atoms with E-state index in [4.69, 9.17) is 4.74 Å². The number of aromatic nitrogens is 2. The molecule has 1 fully saturated rings. The lowest BCUT2D eigenvalue weighted by molar-refractivity contribution is 0.122. The summed E-state index contributed by atoms with van der Waals surface area (Å²) in [5.41, 5.74) is 1.64. The summed E-state index contributed by atoms with van der Waals surface area (Å²) in [5, 5.41) is 9.21. The van der Waals surface area contributed by atoms with Gasteiger partial charge in [0.1, 0.15) is 6.07 Å². The molecule has 2 aliphatic heterocycles. The number of sulfonamides is 1. The van der Waals surface area contributed by atoms with E-state index in [0.29, 0.717) is 24.9 Å². The van der Waals surface area contributed by atoms with Crippen LogP contribution in [0.2, 0.25) is 0 Å². The van der Waals surface area contributed by atoms with Gasteiger partial charge in [-0.1, -0.05) is 12.1 Å². The van der Waals surface area contributed by atoms with Gasteiger partial charge >= 0.3 is 0 Å². The fraction of sp³-hybridized carbons (Fsp3) is 0.353. The van der Waals surface area contributed by atoms with Gasteiger partial charge < -0.3 is 9.64 Å². The summed E-state index contributed by atoms with van der Waals surface area (Å²) in [6.07, 6.45) is 1.69. The van der Waals surface area contributed by atoms with Crippen molar-refractivity contribution >= 4 is 16.0 Å². The first-order valence-electron chi connectivity index (χ1n) is 8.26. The van der Waals surface area contributed by atoms with Crippen molar-refractivity contribution in [3.05, 3.63) is 47.3 Å². The largest absolute Gasteiger partial charge is 0.378 e. The molecule has 4 rings (SSSR count). The van der Waals surface area contributed by atoms with Gasteiger partial charge in [-0.3, -0.25) is 0 Å². The highest BCUT2D eigenvalue weighted by Crippen LogP contribution is 2.29. The summed E-state index contributed by atoms with van der Waals surface area (Å²) in [6.45, 7) is 3.09. The molecule has 1 saturated heterocycles.